The van der Waals surface area contributed by atoms with Gasteiger partial charge in [0.05, 0.1) is 10.9 Å². The standard InChI is InChI=1S/C20H26FN3O2S.HI/c1-14-5-8-17(13-19(14)21)15(2)24-20(22-3)23-12-11-16-6-9-18(10-7-16)27(4,25)26;/h5-10,13,15H,11-12H2,1-4H3,(H2,22,23,24);1H. The number of guanidine groups is 1. The summed E-state index contributed by atoms with van der Waals surface area (Å²) < 4.78 is 36.7. The monoisotopic (exact) mass is 519 g/mol. The van der Waals surface area contributed by atoms with Crippen molar-refractivity contribution in [3.63, 3.8) is 0 Å². The van der Waals surface area contributed by atoms with Gasteiger partial charge < -0.3 is 10.6 Å². The first kappa shape index (κ1) is 24.4. The predicted octanol–water partition coefficient (Wildman–Crippen LogP) is 3.62. The summed E-state index contributed by atoms with van der Waals surface area (Å²) in [6, 6.07) is 11.9. The Morgan fingerprint density at radius 1 is 1.18 bits per heavy atom. The lowest BCUT2D eigenvalue weighted by Crippen LogP contribution is -2.39. The van der Waals surface area contributed by atoms with Gasteiger partial charge in [0.25, 0.3) is 0 Å². The molecule has 1 atom stereocenters. The fourth-order valence-electron chi connectivity index (χ4n) is 2.59. The molecule has 0 spiro atoms. The first-order valence-corrected chi connectivity index (χ1v) is 10.6. The normalized spacial score (nSPS) is 12.8. The number of benzene rings is 2. The van der Waals surface area contributed by atoms with E-state index in [1.165, 1.54) is 12.3 Å². The number of aryl methyl sites for hydroxylation is 1. The van der Waals surface area contributed by atoms with Crippen molar-refractivity contribution in [1.29, 1.82) is 0 Å². The summed E-state index contributed by atoms with van der Waals surface area (Å²) >= 11 is 0. The highest BCUT2D eigenvalue weighted by Crippen LogP contribution is 2.16. The van der Waals surface area contributed by atoms with Crippen LogP contribution < -0.4 is 10.6 Å². The molecule has 2 aromatic carbocycles. The summed E-state index contributed by atoms with van der Waals surface area (Å²) in [5.41, 5.74) is 2.49. The molecule has 0 heterocycles. The van der Waals surface area contributed by atoms with Crippen LogP contribution in [0.3, 0.4) is 0 Å². The number of aliphatic imine (C=N–C) groups is 1. The second kappa shape index (κ2) is 10.8. The van der Waals surface area contributed by atoms with Crippen LogP contribution >= 0.6 is 24.0 Å². The molecule has 0 radical (unpaired) electrons. The van der Waals surface area contributed by atoms with E-state index in [2.05, 4.69) is 15.6 Å². The Balaban J connectivity index is 0.00000392. The third-order valence-corrected chi connectivity index (χ3v) is 5.46. The largest absolute Gasteiger partial charge is 0.356 e. The van der Waals surface area contributed by atoms with Gasteiger partial charge in [-0.15, -0.1) is 24.0 Å². The van der Waals surface area contributed by atoms with Crippen molar-refractivity contribution >= 4 is 39.8 Å². The maximum Gasteiger partial charge on any atom is 0.191 e. The van der Waals surface area contributed by atoms with Gasteiger partial charge in [-0.25, -0.2) is 12.8 Å². The molecule has 0 saturated carbocycles. The lowest BCUT2D eigenvalue weighted by Gasteiger charge is -2.18. The number of nitrogens with one attached hydrogen (secondary N) is 2. The van der Waals surface area contributed by atoms with Crippen LogP contribution in [0.5, 0.6) is 0 Å². The molecule has 1 unspecified atom stereocenters. The number of hydrogen-bond donors (Lipinski definition) is 2. The average Bonchev–Trinajstić information content (AvgIpc) is 2.62. The minimum atomic E-state index is -3.17. The third kappa shape index (κ3) is 7.05. The predicted molar refractivity (Wildman–Crippen MR) is 123 cm³/mol. The zero-order valence-corrected chi connectivity index (χ0v) is 19.6. The maximum atomic E-state index is 13.7. The minimum Gasteiger partial charge on any atom is -0.356 e. The van der Waals surface area contributed by atoms with Crippen LogP contribution in [0.2, 0.25) is 0 Å². The highest BCUT2D eigenvalue weighted by molar-refractivity contribution is 14.0. The summed E-state index contributed by atoms with van der Waals surface area (Å²) in [7, 11) is -1.50. The zero-order chi connectivity index (χ0) is 20.0. The quantitative estimate of drug-likeness (QED) is 0.348. The van der Waals surface area contributed by atoms with Crippen molar-refractivity contribution < 1.29 is 12.8 Å². The van der Waals surface area contributed by atoms with E-state index in [-0.39, 0.29) is 35.8 Å². The Hall–Kier alpha value is -1.68. The molecular weight excluding hydrogens is 492 g/mol. The van der Waals surface area contributed by atoms with Gasteiger partial charge in [-0.05, 0) is 55.2 Å². The molecule has 28 heavy (non-hydrogen) atoms. The molecule has 0 aliphatic carbocycles. The van der Waals surface area contributed by atoms with Crippen LogP contribution in [-0.2, 0) is 16.3 Å². The molecule has 0 fully saturated rings. The van der Waals surface area contributed by atoms with Gasteiger partial charge >= 0.3 is 0 Å². The number of halogens is 2. The van der Waals surface area contributed by atoms with Crippen molar-refractivity contribution in [2.75, 3.05) is 19.8 Å². The Kier molecular flexibility index (Phi) is 9.35. The molecule has 2 rings (SSSR count). The molecule has 0 bridgehead atoms. The van der Waals surface area contributed by atoms with Gasteiger partial charge in [-0.1, -0.05) is 24.3 Å². The molecule has 154 valence electrons. The number of sulfone groups is 1. The van der Waals surface area contributed by atoms with Crippen LogP contribution in [0.1, 0.15) is 29.7 Å². The molecule has 8 heteroatoms. The molecule has 0 amide bonds. The van der Waals surface area contributed by atoms with Crippen molar-refractivity contribution in [2.45, 2.75) is 31.2 Å². The second-order valence-electron chi connectivity index (χ2n) is 6.54. The Bertz CT molecular complexity index is 916. The molecular formula is C20H27FIN3O2S. The van der Waals surface area contributed by atoms with Gasteiger partial charge in [-0.2, -0.15) is 0 Å². The van der Waals surface area contributed by atoms with Crippen LogP contribution in [-0.4, -0.2) is 34.2 Å². The van der Waals surface area contributed by atoms with E-state index in [1.807, 2.05) is 25.1 Å². The van der Waals surface area contributed by atoms with E-state index in [1.54, 1.807) is 32.2 Å². The molecule has 0 aliphatic heterocycles. The van der Waals surface area contributed by atoms with Crippen LogP contribution in [0.4, 0.5) is 4.39 Å². The Labute approximate surface area is 183 Å². The van der Waals surface area contributed by atoms with Crippen LogP contribution in [0.25, 0.3) is 0 Å². The fraction of sp³-hybridized carbons (Fsp3) is 0.350. The van der Waals surface area contributed by atoms with Gasteiger partial charge in [0, 0.05) is 19.8 Å². The second-order valence-corrected chi connectivity index (χ2v) is 8.56. The Morgan fingerprint density at radius 3 is 2.36 bits per heavy atom. The van der Waals surface area contributed by atoms with Crippen molar-refractivity contribution in [2.24, 2.45) is 4.99 Å². The first-order valence-electron chi connectivity index (χ1n) is 8.73. The average molecular weight is 519 g/mol. The Morgan fingerprint density at radius 2 is 1.82 bits per heavy atom. The molecule has 2 N–H and O–H groups in total. The van der Waals surface area contributed by atoms with E-state index in [4.69, 9.17) is 0 Å². The highest BCUT2D eigenvalue weighted by Gasteiger charge is 2.10. The minimum absolute atomic E-state index is 0. The first-order chi connectivity index (χ1) is 12.7. The summed E-state index contributed by atoms with van der Waals surface area (Å²) in [4.78, 5) is 4.51. The van der Waals surface area contributed by atoms with Crippen molar-refractivity contribution in [1.82, 2.24) is 10.6 Å². The number of nitrogens with zero attached hydrogens (tertiary/aromatic N) is 1. The molecule has 5 nitrogen and oxygen atoms in total. The maximum absolute atomic E-state index is 13.7. The van der Waals surface area contributed by atoms with Crippen LogP contribution in [0, 0.1) is 12.7 Å². The van der Waals surface area contributed by atoms with E-state index in [0.717, 1.165) is 17.5 Å². The van der Waals surface area contributed by atoms with Crippen molar-refractivity contribution in [3.8, 4) is 0 Å². The van der Waals surface area contributed by atoms with E-state index in [0.29, 0.717) is 23.0 Å². The summed E-state index contributed by atoms with van der Waals surface area (Å²) in [6.45, 7) is 4.31. The van der Waals surface area contributed by atoms with Crippen LogP contribution in [0.15, 0.2) is 52.4 Å². The lowest BCUT2D eigenvalue weighted by atomic mass is 10.1. The SMILES string of the molecule is CN=C(NCCc1ccc(S(C)(=O)=O)cc1)NC(C)c1ccc(C)c(F)c1.I. The fourth-order valence-corrected chi connectivity index (χ4v) is 3.22. The summed E-state index contributed by atoms with van der Waals surface area (Å²) in [6.07, 6.45) is 1.92. The van der Waals surface area contributed by atoms with Gasteiger partial charge in [0.15, 0.2) is 15.8 Å². The number of rotatable bonds is 6. The molecule has 0 aromatic heterocycles. The van der Waals surface area contributed by atoms with Crippen molar-refractivity contribution in [3.05, 3.63) is 65.0 Å². The van der Waals surface area contributed by atoms with E-state index in [9.17, 15) is 12.8 Å². The molecule has 0 aliphatic rings. The van der Waals surface area contributed by atoms with Gasteiger partial charge in [0.2, 0.25) is 0 Å². The smallest absolute Gasteiger partial charge is 0.191 e. The molecule has 0 saturated heterocycles. The van der Waals surface area contributed by atoms with E-state index >= 15 is 0 Å². The summed E-state index contributed by atoms with van der Waals surface area (Å²) in [5.74, 6) is 0.401. The lowest BCUT2D eigenvalue weighted by molar-refractivity contribution is 0.601. The van der Waals surface area contributed by atoms with Gasteiger partial charge in [0.1, 0.15) is 5.82 Å². The molecule has 2 aromatic rings. The topological polar surface area (TPSA) is 70.6 Å². The van der Waals surface area contributed by atoms with E-state index < -0.39 is 9.84 Å². The number of hydrogen-bond acceptors (Lipinski definition) is 3. The third-order valence-electron chi connectivity index (χ3n) is 4.33. The zero-order valence-electron chi connectivity index (χ0n) is 16.5. The summed E-state index contributed by atoms with van der Waals surface area (Å²) in [5, 5.41) is 6.45. The highest BCUT2D eigenvalue weighted by atomic mass is 127. The van der Waals surface area contributed by atoms with Gasteiger partial charge in [-0.3, -0.25) is 4.99 Å².